The minimum atomic E-state index is -0.0874. The lowest BCUT2D eigenvalue weighted by atomic mass is 9.97. The van der Waals surface area contributed by atoms with Crippen molar-refractivity contribution in [2.45, 2.75) is 45.8 Å². The number of esters is 1. The van der Waals surface area contributed by atoms with Gasteiger partial charge in [-0.1, -0.05) is 30.3 Å². The average Bonchev–Trinajstić information content (AvgIpc) is 3.18. The Kier molecular flexibility index (Phi) is 6.57. The van der Waals surface area contributed by atoms with Gasteiger partial charge < -0.3 is 9.72 Å². The summed E-state index contributed by atoms with van der Waals surface area (Å²) < 4.78 is 5.16. The molecule has 174 valence electrons. The SMILES string of the molecule is CCOC(=O)C1CCN(Cc2nc3sc4c(c3c(=O)[nH]2)CCN(Cc2ccccc2)C4)CC1. The molecule has 1 N–H and O–H groups in total. The Bertz CT molecular complexity index is 1180. The number of fused-ring (bicyclic) bond motifs is 3. The molecule has 0 bridgehead atoms. The fourth-order valence-corrected chi connectivity index (χ4v) is 6.23. The van der Waals surface area contributed by atoms with Crippen molar-refractivity contribution >= 4 is 27.5 Å². The Morgan fingerprint density at radius 2 is 1.94 bits per heavy atom. The first-order valence-electron chi connectivity index (χ1n) is 11.8. The quantitative estimate of drug-likeness (QED) is 0.562. The van der Waals surface area contributed by atoms with Gasteiger partial charge in [0.2, 0.25) is 0 Å². The summed E-state index contributed by atoms with van der Waals surface area (Å²) in [6.45, 7) is 7.22. The van der Waals surface area contributed by atoms with Gasteiger partial charge in [-0.15, -0.1) is 11.3 Å². The number of likely N-dealkylation sites (tertiary alicyclic amines) is 1. The highest BCUT2D eigenvalue weighted by molar-refractivity contribution is 7.18. The van der Waals surface area contributed by atoms with E-state index < -0.39 is 0 Å². The Morgan fingerprint density at radius 1 is 1.15 bits per heavy atom. The zero-order valence-electron chi connectivity index (χ0n) is 19.0. The highest BCUT2D eigenvalue weighted by Gasteiger charge is 2.27. The van der Waals surface area contributed by atoms with Gasteiger partial charge >= 0.3 is 5.97 Å². The van der Waals surface area contributed by atoms with E-state index in [-0.39, 0.29) is 17.4 Å². The fourth-order valence-electron chi connectivity index (χ4n) is 4.95. The van der Waals surface area contributed by atoms with Crippen LogP contribution in [0.25, 0.3) is 10.2 Å². The summed E-state index contributed by atoms with van der Waals surface area (Å²) in [6.07, 6.45) is 2.46. The lowest BCUT2D eigenvalue weighted by molar-refractivity contribution is -0.149. The number of carbonyl (C=O) groups is 1. The molecule has 8 heteroatoms. The van der Waals surface area contributed by atoms with E-state index in [2.05, 4.69) is 39.0 Å². The summed E-state index contributed by atoms with van der Waals surface area (Å²) in [4.78, 5) is 39.6. The standard InChI is InChI=1S/C25H30N4O3S/c1-2-32-25(31)18-8-11-28(12-9-18)16-21-26-23(30)22-19-10-13-29(14-17-6-4-3-5-7-17)15-20(19)33-24(22)27-21/h3-7,18H,2,8-16H2,1H3,(H,26,27,30). The summed E-state index contributed by atoms with van der Waals surface area (Å²) in [5, 5.41) is 0.777. The zero-order chi connectivity index (χ0) is 22.8. The second kappa shape index (κ2) is 9.75. The maximum absolute atomic E-state index is 13.0. The van der Waals surface area contributed by atoms with Crippen LogP contribution >= 0.6 is 11.3 Å². The first-order chi connectivity index (χ1) is 16.1. The summed E-state index contributed by atoms with van der Waals surface area (Å²) in [6, 6.07) is 10.5. The van der Waals surface area contributed by atoms with Crippen LogP contribution in [-0.2, 0) is 35.6 Å². The third-order valence-corrected chi connectivity index (χ3v) is 7.78. The van der Waals surface area contributed by atoms with Gasteiger partial charge in [0.25, 0.3) is 5.56 Å². The topological polar surface area (TPSA) is 78.5 Å². The fraction of sp³-hybridized carbons (Fsp3) is 0.480. The number of aromatic amines is 1. The van der Waals surface area contributed by atoms with Crippen LogP contribution in [0.15, 0.2) is 35.1 Å². The van der Waals surface area contributed by atoms with Gasteiger partial charge in [0.05, 0.1) is 24.5 Å². The Morgan fingerprint density at radius 3 is 2.70 bits per heavy atom. The molecular weight excluding hydrogens is 436 g/mol. The zero-order valence-corrected chi connectivity index (χ0v) is 19.8. The van der Waals surface area contributed by atoms with Gasteiger partial charge in [0.15, 0.2) is 0 Å². The van der Waals surface area contributed by atoms with E-state index in [0.29, 0.717) is 19.0 Å². The van der Waals surface area contributed by atoms with Gasteiger partial charge in [0.1, 0.15) is 10.7 Å². The third kappa shape index (κ3) is 4.88. The van der Waals surface area contributed by atoms with Crippen LogP contribution in [0, 0.1) is 5.92 Å². The number of hydrogen-bond acceptors (Lipinski definition) is 7. The second-order valence-electron chi connectivity index (χ2n) is 8.95. The van der Waals surface area contributed by atoms with E-state index in [1.165, 1.54) is 16.0 Å². The maximum atomic E-state index is 13.0. The molecular formula is C25H30N4O3S. The minimum absolute atomic E-state index is 0.0152. The number of carbonyl (C=O) groups excluding carboxylic acids is 1. The summed E-state index contributed by atoms with van der Waals surface area (Å²) in [7, 11) is 0. The molecule has 1 saturated heterocycles. The number of nitrogens with zero attached hydrogens (tertiary/aromatic N) is 3. The molecule has 0 atom stereocenters. The number of piperidine rings is 1. The Hall–Kier alpha value is -2.55. The number of ether oxygens (including phenoxy) is 1. The van der Waals surface area contributed by atoms with Gasteiger partial charge in [-0.05, 0) is 50.4 Å². The lowest BCUT2D eigenvalue weighted by Gasteiger charge is -2.30. The number of nitrogens with one attached hydrogen (secondary N) is 1. The second-order valence-corrected chi connectivity index (χ2v) is 10.0. The number of aromatic nitrogens is 2. The molecule has 33 heavy (non-hydrogen) atoms. The van der Waals surface area contributed by atoms with Crippen LogP contribution in [0.1, 0.15) is 41.6 Å². The van der Waals surface area contributed by atoms with E-state index in [1.807, 2.05) is 13.0 Å². The highest BCUT2D eigenvalue weighted by atomic mass is 32.1. The van der Waals surface area contributed by atoms with Crippen LogP contribution < -0.4 is 5.56 Å². The van der Waals surface area contributed by atoms with Crippen LogP contribution in [-0.4, -0.2) is 52.0 Å². The molecule has 4 heterocycles. The van der Waals surface area contributed by atoms with E-state index in [0.717, 1.165) is 62.2 Å². The predicted octanol–water partition coefficient (Wildman–Crippen LogP) is 3.32. The monoisotopic (exact) mass is 466 g/mol. The molecule has 3 aromatic rings. The Balaban J connectivity index is 1.27. The lowest BCUT2D eigenvalue weighted by Crippen LogP contribution is -2.37. The molecule has 0 unspecified atom stereocenters. The third-order valence-electron chi connectivity index (χ3n) is 6.67. The molecule has 0 radical (unpaired) electrons. The van der Waals surface area contributed by atoms with Crippen molar-refractivity contribution in [1.29, 1.82) is 0 Å². The number of H-pyrrole nitrogens is 1. The van der Waals surface area contributed by atoms with E-state index in [9.17, 15) is 9.59 Å². The van der Waals surface area contributed by atoms with Gasteiger partial charge in [-0.2, -0.15) is 0 Å². The van der Waals surface area contributed by atoms with Crippen molar-refractivity contribution in [3.05, 3.63) is 62.5 Å². The molecule has 5 rings (SSSR count). The van der Waals surface area contributed by atoms with Crippen molar-refractivity contribution in [2.24, 2.45) is 5.92 Å². The number of thiophene rings is 1. The van der Waals surface area contributed by atoms with E-state index in [4.69, 9.17) is 9.72 Å². The molecule has 1 aromatic carbocycles. The number of hydrogen-bond donors (Lipinski definition) is 1. The smallest absolute Gasteiger partial charge is 0.309 e. The summed E-state index contributed by atoms with van der Waals surface area (Å²) in [5.74, 6) is 0.607. The van der Waals surface area contributed by atoms with Gasteiger partial charge in [-0.25, -0.2) is 4.98 Å². The van der Waals surface area contributed by atoms with Gasteiger partial charge in [-0.3, -0.25) is 19.4 Å². The number of rotatable bonds is 6. The van der Waals surface area contributed by atoms with Crippen molar-refractivity contribution in [1.82, 2.24) is 19.8 Å². The van der Waals surface area contributed by atoms with Gasteiger partial charge in [0, 0.05) is 24.5 Å². The average molecular weight is 467 g/mol. The van der Waals surface area contributed by atoms with Crippen LogP contribution in [0.5, 0.6) is 0 Å². The largest absolute Gasteiger partial charge is 0.466 e. The molecule has 2 aliphatic rings. The molecule has 2 aromatic heterocycles. The Labute approximate surface area is 197 Å². The van der Waals surface area contributed by atoms with Crippen molar-refractivity contribution in [3.8, 4) is 0 Å². The molecule has 2 aliphatic heterocycles. The van der Waals surface area contributed by atoms with Crippen molar-refractivity contribution in [3.63, 3.8) is 0 Å². The first kappa shape index (κ1) is 22.3. The molecule has 0 spiro atoms. The summed E-state index contributed by atoms with van der Waals surface area (Å²) >= 11 is 1.66. The molecule has 7 nitrogen and oxygen atoms in total. The first-order valence-corrected chi connectivity index (χ1v) is 12.6. The molecule has 1 fully saturated rings. The van der Waals surface area contributed by atoms with Crippen molar-refractivity contribution in [2.75, 3.05) is 26.2 Å². The summed E-state index contributed by atoms with van der Waals surface area (Å²) in [5.41, 5.74) is 2.47. The van der Waals surface area contributed by atoms with Crippen LogP contribution in [0.2, 0.25) is 0 Å². The van der Waals surface area contributed by atoms with E-state index in [1.54, 1.807) is 11.3 Å². The number of benzene rings is 1. The van der Waals surface area contributed by atoms with Crippen molar-refractivity contribution < 1.29 is 9.53 Å². The van der Waals surface area contributed by atoms with Crippen LogP contribution in [0.4, 0.5) is 0 Å². The van der Waals surface area contributed by atoms with E-state index >= 15 is 0 Å². The minimum Gasteiger partial charge on any atom is -0.466 e. The maximum Gasteiger partial charge on any atom is 0.309 e. The molecule has 0 aliphatic carbocycles. The highest BCUT2D eigenvalue weighted by Crippen LogP contribution is 2.33. The molecule has 0 amide bonds. The molecule has 0 saturated carbocycles. The normalized spacial score (nSPS) is 17.8. The predicted molar refractivity (Wildman–Crippen MR) is 129 cm³/mol. The van der Waals surface area contributed by atoms with Crippen LogP contribution in [0.3, 0.4) is 0 Å².